The number of aromatic nitrogens is 1. The molecule has 1 N–H and O–H groups in total. The summed E-state index contributed by atoms with van der Waals surface area (Å²) in [6.45, 7) is 2.24. The van der Waals surface area contributed by atoms with Crippen LogP contribution in [0, 0.1) is 5.82 Å². The van der Waals surface area contributed by atoms with E-state index in [1.165, 1.54) is 18.2 Å². The van der Waals surface area contributed by atoms with Crippen LogP contribution < -0.4 is 10.1 Å². The normalized spacial score (nSPS) is 23.8. The standard InChI is InChI=1S/C22H20F4IN3O3/c23-12-4-5-14-18(8-12)32-11-17(30-6-7-31-13(9-27)10-30)19(14)28-15-2-1-3-16-20(15)33-21(29-16)22(24,25)26/h1-5,8,13,17,19,28H,6-7,9-11H2. The van der Waals surface area contributed by atoms with Crippen LogP contribution in [0.5, 0.6) is 5.75 Å². The van der Waals surface area contributed by atoms with Gasteiger partial charge in [-0.05, 0) is 18.2 Å². The lowest BCUT2D eigenvalue weighted by Crippen LogP contribution is -2.54. The number of nitrogens with zero attached hydrogens (tertiary/aromatic N) is 2. The molecule has 5 rings (SSSR count). The quantitative estimate of drug-likeness (QED) is 0.267. The van der Waals surface area contributed by atoms with E-state index in [1.54, 1.807) is 18.2 Å². The number of alkyl halides is 4. The fourth-order valence-corrected chi connectivity index (χ4v) is 4.88. The van der Waals surface area contributed by atoms with Crippen LogP contribution in [-0.4, -0.2) is 52.8 Å². The van der Waals surface area contributed by atoms with Gasteiger partial charge in [0.15, 0.2) is 5.58 Å². The van der Waals surface area contributed by atoms with E-state index >= 15 is 0 Å². The van der Waals surface area contributed by atoms with Crippen molar-refractivity contribution in [2.24, 2.45) is 0 Å². The number of nitrogens with one attached hydrogen (secondary N) is 1. The minimum atomic E-state index is -4.69. The number of oxazole rings is 1. The first-order valence-electron chi connectivity index (χ1n) is 10.4. The van der Waals surface area contributed by atoms with Crippen LogP contribution in [0.3, 0.4) is 0 Å². The number of halogens is 5. The molecule has 6 nitrogen and oxygen atoms in total. The summed E-state index contributed by atoms with van der Waals surface area (Å²) in [6, 6.07) is 8.52. The van der Waals surface area contributed by atoms with Gasteiger partial charge in [-0.15, -0.1) is 0 Å². The van der Waals surface area contributed by atoms with E-state index < -0.39 is 17.9 Å². The van der Waals surface area contributed by atoms with Gasteiger partial charge >= 0.3 is 12.1 Å². The second-order valence-electron chi connectivity index (χ2n) is 8.00. The summed E-state index contributed by atoms with van der Waals surface area (Å²) in [5.74, 6) is -1.31. The highest BCUT2D eigenvalue weighted by molar-refractivity contribution is 14.1. The first-order valence-corrected chi connectivity index (χ1v) is 11.9. The summed E-state index contributed by atoms with van der Waals surface area (Å²) in [7, 11) is 0. The molecule has 0 amide bonds. The predicted octanol–water partition coefficient (Wildman–Crippen LogP) is 5.04. The van der Waals surface area contributed by atoms with Gasteiger partial charge in [0.05, 0.1) is 30.5 Å². The average Bonchev–Trinajstić information content (AvgIpc) is 3.25. The molecule has 1 aromatic heterocycles. The molecule has 2 aliphatic rings. The maximum absolute atomic E-state index is 13.9. The highest BCUT2D eigenvalue weighted by Gasteiger charge is 2.40. The summed E-state index contributed by atoms with van der Waals surface area (Å²) < 4.78 is 71.0. The minimum absolute atomic E-state index is 0.0193. The molecule has 2 aliphatic heterocycles. The van der Waals surface area contributed by atoms with E-state index in [2.05, 4.69) is 37.8 Å². The van der Waals surface area contributed by atoms with Crippen molar-refractivity contribution in [2.75, 3.05) is 36.0 Å². The number of morpholine rings is 1. The smallest absolute Gasteiger partial charge is 0.468 e. The van der Waals surface area contributed by atoms with E-state index in [9.17, 15) is 17.6 Å². The average molecular weight is 577 g/mol. The Morgan fingerprint density at radius 2 is 2.06 bits per heavy atom. The molecular weight excluding hydrogens is 557 g/mol. The third-order valence-corrected chi connectivity index (χ3v) is 6.87. The van der Waals surface area contributed by atoms with E-state index in [0.717, 1.165) is 9.99 Å². The van der Waals surface area contributed by atoms with E-state index in [4.69, 9.17) is 13.9 Å². The van der Waals surface area contributed by atoms with Crippen molar-refractivity contribution in [3.05, 3.63) is 53.7 Å². The van der Waals surface area contributed by atoms with Gasteiger partial charge in [-0.25, -0.2) is 9.37 Å². The molecule has 33 heavy (non-hydrogen) atoms. The first-order chi connectivity index (χ1) is 15.8. The SMILES string of the molecule is Fc1ccc2c(c1)OCC(N1CCOC(CI)C1)C2Nc1cccc2nc(C(F)(F)F)oc12. The van der Waals surface area contributed by atoms with Crippen molar-refractivity contribution in [3.63, 3.8) is 0 Å². The van der Waals surface area contributed by atoms with Crippen molar-refractivity contribution in [1.82, 2.24) is 9.88 Å². The molecule has 0 spiro atoms. The summed E-state index contributed by atoms with van der Waals surface area (Å²) >= 11 is 2.28. The summed E-state index contributed by atoms with van der Waals surface area (Å²) in [5.41, 5.74) is 1.22. The van der Waals surface area contributed by atoms with Gasteiger partial charge in [0, 0.05) is 29.1 Å². The lowest BCUT2D eigenvalue weighted by molar-refractivity contribution is -0.156. The van der Waals surface area contributed by atoms with Crippen LogP contribution in [0.2, 0.25) is 0 Å². The number of ether oxygens (including phenoxy) is 2. The highest BCUT2D eigenvalue weighted by Crippen LogP contribution is 2.40. The summed E-state index contributed by atoms with van der Waals surface area (Å²) in [5, 5.41) is 3.36. The monoisotopic (exact) mass is 577 g/mol. The summed E-state index contributed by atoms with van der Waals surface area (Å²) in [4.78, 5) is 5.84. The second kappa shape index (κ2) is 8.91. The lowest BCUT2D eigenvalue weighted by Gasteiger charge is -2.44. The Hall–Kier alpha value is -2.12. The zero-order chi connectivity index (χ0) is 23.2. The van der Waals surface area contributed by atoms with Gasteiger partial charge in [0.1, 0.15) is 23.7 Å². The van der Waals surface area contributed by atoms with Crippen LogP contribution in [-0.2, 0) is 10.9 Å². The minimum Gasteiger partial charge on any atom is -0.491 e. The van der Waals surface area contributed by atoms with Crippen molar-refractivity contribution in [3.8, 4) is 5.75 Å². The van der Waals surface area contributed by atoms with Gasteiger partial charge in [-0.1, -0.05) is 34.7 Å². The third kappa shape index (κ3) is 4.50. The van der Waals surface area contributed by atoms with Gasteiger partial charge in [-0.3, -0.25) is 4.90 Å². The molecule has 3 aromatic rings. The number of anilines is 1. The molecule has 11 heteroatoms. The Labute approximate surface area is 200 Å². The van der Waals surface area contributed by atoms with Crippen LogP contribution in [0.15, 0.2) is 40.8 Å². The first kappa shape index (κ1) is 22.7. The number of benzene rings is 2. The third-order valence-electron chi connectivity index (χ3n) is 5.88. The number of rotatable bonds is 4. The predicted molar refractivity (Wildman–Crippen MR) is 121 cm³/mol. The lowest BCUT2D eigenvalue weighted by atomic mass is 9.94. The van der Waals surface area contributed by atoms with E-state index in [1.807, 2.05) is 0 Å². The molecule has 1 fully saturated rings. The summed E-state index contributed by atoms with van der Waals surface area (Å²) in [6.07, 6.45) is -4.62. The molecule has 3 unspecified atom stereocenters. The molecule has 3 heterocycles. The zero-order valence-electron chi connectivity index (χ0n) is 17.2. The maximum atomic E-state index is 13.9. The molecule has 1 saturated heterocycles. The van der Waals surface area contributed by atoms with Gasteiger partial charge < -0.3 is 19.2 Å². The largest absolute Gasteiger partial charge is 0.491 e. The van der Waals surface area contributed by atoms with Crippen molar-refractivity contribution >= 4 is 39.4 Å². The molecule has 176 valence electrons. The van der Waals surface area contributed by atoms with Gasteiger partial charge in [-0.2, -0.15) is 13.2 Å². The fourth-order valence-electron chi connectivity index (χ4n) is 4.35. The molecule has 0 bridgehead atoms. The van der Waals surface area contributed by atoms with E-state index in [0.29, 0.717) is 37.7 Å². The molecule has 3 atom stereocenters. The number of para-hydroxylation sites is 1. The van der Waals surface area contributed by atoms with Crippen LogP contribution in [0.4, 0.5) is 23.2 Å². The van der Waals surface area contributed by atoms with Crippen molar-refractivity contribution < 1.29 is 31.5 Å². The second-order valence-corrected chi connectivity index (χ2v) is 8.88. The van der Waals surface area contributed by atoms with Crippen LogP contribution in [0.1, 0.15) is 17.5 Å². The molecular formula is C22H20F4IN3O3. The van der Waals surface area contributed by atoms with E-state index in [-0.39, 0.29) is 29.3 Å². The molecule has 0 aliphatic carbocycles. The zero-order valence-corrected chi connectivity index (χ0v) is 19.4. The van der Waals surface area contributed by atoms with Gasteiger partial charge in [0.2, 0.25) is 0 Å². The Bertz CT molecular complexity index is 1160. The van der Waals surface area contributed by atoms with Gasteiger partial charge in [0.25, 0.3) is 0 Å². The fraction of sp³-hybridized carbons (Fsp3) is 0.409. The van der Waals surface area contributed by atoms with Crippen LogP contribution in [0.25, 0.3) is 11.1 Å². The Morgan fingerprint density at radius 1 is 1.21 bits per heavy atom. The Morgan fingerprint density at radius 3 is 2.85 bits per heavy atom. The number of hydrogen-bond acceptors (Lipinski definition) is 6. The molecule has 2 aromatic carbocycles. The number of hydrogen-bond donors (Lipinski definition) is 1. The van der Waals surface area contributed by atoms with Crippen LogP contribution >= 0.6 is 22.6 Å². The molecule has 0 radical (unpaired) electrons. The molecule has 0 saturated carbocycles. The number of fused-ring (bicyclic) bond motifs is 2. The van der Waals surface area contributed by atoms with Crippen molar-refractivity contribution in [1.29, 1.82) is 0 Å². The Balaban J connectivity index is 1.54. The maximum Gasteiger partial charge on any atom is 0.468 e. The Kier molecular flexibility index (Phi) is 6.12. The topological polar surface area (TPSA) is 59.8 Å². The highest BCUT2D eigenvalue weighted by atomic mass is 127. The van der Waals surface area contributed by atoms with Crippen molar-refractivity contribution in [2.45, 2.75) is 24.4 Å².